The predicted molar refractivity (Wildman–Crippen MR) is 41.3 cm³/mol. The van der Waals surface area contributed by atoms with E-state index in [4.69, 9.17) is 10.8 Å². The van der Waals surface area contributed by atoms with Gasteiger partial charge in [-0.1, -0.05) is 0 Å². The van der Waals surface area contributed by atoms with Crippen molar-refractivity contribution in [1.82, 2.24) is 0 Å². The first-order valence-electron chi connectivity index (χ1n) is 3.31. The topological polar surface area (TPSA) is 106 Å². The van der Waals surface area contributed by atoms with Crippen LogP contribution in [0.4, 0.5) is 0 Å². The van der Waals surface area contributed by atoms with Crippen molar-refractivity contribution >= 4 is 5.97 Å². The van der Waals surface area contributed by atoms with Gasteiger partial charge in [-0.05, 0) is 6.92 Å². The number of hydrogen-bond acceptors (Lipinski definition) is 4. The van der Waals surface area contributed by atoms with Crippen molar-refractivity contribution < 1.29 is 14.8 Å². The summed E-state index contributed by atoms with van der Waals surface area (Å²) >= 11 is 0. The van der Waals surface area contributed by atoms with Gasteiger partial charge >= 0.3 is 5.97 Å². The maximum atomic E-state index is 10.5. The fourth-order valence-electron chi connectivity index (χ4n) is 0.451. The Morgan fingerprint density at radius 2 is 1.83 bits per heavy atom. The zero-order valence-electron chi connectivity index (χ0n) is 7.20. The highest BCUT2D eigenvalue weighted by Crippen LogP contribution is 2.22. The molecule has 6 heteroatoms. The van der Waals surface area contributed by atoms with E-state index in [2.05, 4.69) is 0 Å². The van der Waals surface area contributed by atoms with E-state index in [1.165, 1.54) is 13.8 Å². The van der Waals surface area contributed by atoms with E-state index < -0.39 is 22.0 Å². The third-order valence-electron chi connectivity index (χ3n) is 2.17. The maximum Gasteiger partial charge on any atom is 0.330 e. The third-order valence-corrected chi connectivity index (χ3v) is 2.17. The van der Waals surface area contributed by atoms with Gasteiger partial charge in [0.1, 0.15) is 0 Å². The van der Waals surface area contributed by atoms with Crippen molar-refractivity contribution in [2.75, 3.05) is 0 Å². The summed E-state index contributed by atoms with van der Waals surface area (Å²) < 4.78 is 0. The van der Waals surface area contributed by atoms with Gasteiger partial charge in [-0.2, -0.15) is 0 Å². The molecule has 0 heterocycles. The molecule has 0 aromatic heterocycles. The molecule has 0 bridgehead atoms. The van der Waals surface area contributed by atoms with Crippen LogP contribution < -0.4 is 5.73 Å². The Kier molecular flexibility index (Phi) is 2.44. The van der Waals surface area contributed by atoms with Gasteiger partial charge in [0.2, 0.25) is 5.54 Å². The van der Waals surface area contributed by atoms with Crippen LogP contribution in [-0.4, -0.2) is 27.1 Å². The molecule has 1 unspecified atom stereocenters. The molecule has 0 radical (unpaired) electrons. The lowest BCUT2D eigenvalue weighted by atomic mass is 9.82. The molecule has 12 heavy (non-hydrogen) atoms. The predicted octanol–water partition coefficient (Wildman–Crippen LogP) is -0.156. The number of aliphatic carboxylic acids is 1. The fourth-order valence-corrected chi connectivity index (χ4v) is 0.451. The minimum Gasteiger partial charge on any atom is -0.480 e. The number of carbonyl (C=O) groups is 1. The first-order valence-corrected chi connectivity index (χ1v) is 3.31. The Morgan fingerprint density at radius 3 is 1.92 bits per heavy atom. The Morgan fingerprint density at radius 1 is 1.50 bits per heavy atom. The second kappa shape index (κ2) is 2.71. The second-order valence-corrected chi connectivity index (χ2v) is 3.32. The van der Waals surface area contributed by atoms with Crippen molar-refractivity contribution in [2.24, 2.45) is 5.73 Å². The SMILES string of the molecule is CC(N)(C(=O)O)C(C)(C)[N+](=O)[O-]. The number of nitrogens with zero attached hydrogens (tertiary/aromatic N) is 1. The molecule has 0 aliphatic carbocycles. The van der Waals surface area contributed by atoms with Crippen LogP contribution in [0.2, 0.25) is 0 Å². The zero-order chi connectivity index (χ0) is 10.2. The van der Waals surface area contributed by atoms with Gasteiger partial charge in [-0.15, -0.1) is 0 Å². The summed E-state index contributed by atoms with van der Waals surface area (Å²) in [4.78, 5) is 20.3. The first kappa shape index (κ1) is 10.8. The van der Waals surface area contributed by atoms with Crippen LogP contribution in [-0.2, 0) is 4.79 Å². The molecule has 0 amide bonds. The fraction of sp³-hybridized carbons (Fsp3) is 0.833. The number of rotatable bonds is 3. The van der Waals surface area contributed by atoms with Crippen LogP contribution in [0.1, 0.15) is 20.8 Å². The highest BCUT2D eigenvalue weighted by molar-refractivity contribution is 5.79. The number of nitrogens with two attached hydrogens (primary N) is 1. The van der Waals surface area contributed by atoms with E-state index >= 15 is 0 Å². The standard InChI is InChI=1S/C6H12N2O4/c1-5(2,8(11)12)6(3,7)4(9)10/h7H2,1-3H3,(H,9,10). The molecule has 0 aromatic rings. The summed E-state index contributed by atoms with van der Waals surface area (Å²) in [5, 5.41) is 19.0. The monoisotopic (exact) mass is 176 g/mol. The van der Waals surface area contributed by atoms with Crippen LogP contribution in [0.25, 0.3) is 0 Å². The van der Waals surface area contributed by atoms with Crippen LogP contribution in [0.3, 0.4) is 0 Å². The van der Waals surface area contributed by atoms with Crippen molar-refractivity contribution in [2.45, 2.75) is 31.8 Å². The average molecular weight is 176 g/mol. The molecule has 0 saturated heterocycles. The molecule has 0 rings (SSSR count). The van der Waals surface area contributed by atoms with E-state index in [-0.39, 0.29) is 0 Å². The van der Waals surface area contributed by atoms with Gasteiger partial charge in [0.05, 0.1) is 0 Å². The quantitative estimate of drug-likeness (QED) is 0.459. The Bertz CT molecular complexity index is 198. The molecule has 0 aromatic carbocycles. The lowest BCUT2D eigenvalue weighted by Gasteiger charge is -2.29. The molecule has 0 fully saturated rings. The molecule has 0 saturated carbocycles. The molecule has 0 aliphatic rings. The number of hydrogen-bond donors (Lipinski definition) is 2. The van der Waals surface area contributed by atoms with Crippen molar-refractivity contribution in [3.63, 3.8) is 0 Å². The van der Waals surface area contributed by atoms with Gasteiger partial charge in [-0.25, -0.2) is 4.79 Å². The van der Waals surface area contributed by atoms with E-state index in [0.717, 1.165) is 6.92 Å². The second-order valence-electron chi connectivity index (χ2n) is 3.32. The molecular formula is C6H12N2O4. The molecular weight excluding hydrogens is 164 g/mol. The lowest BCUT2D eigenvalue weighted by molar-refractivity contribution is -0.569. The number of carboxylic acids is 1. The van der Waals surface area contributed by atoms with E-state index in [1.807, 2.05) is 0 Å². The van der Waals surface area contributed by atoms with Gasteiger partial charge in [-0.3, -0.25) is 10.1 Å². The van der Waals surface area contributed by atoms with Gasteiger partial charge in [0.15, 0.2) is 5.54 Å². The number of nitro groups is 1. The molecule has 0 spiro atoms. The molecule has 1 atom stereocenters. The van der Waals surface area contributed by atoms with Crippen LogP contribution in [0.5, 0.6) is 0 Å². The Hall–Kier alpha value is -1.17. The highest BCUT2D eigenvalue weighted by Gasteiger charge is 2.54. The van der Waals surface area contributed by atoms with Gasteiger partial charge in [0, 0.05) is 18.8 Å². The summed E-state index contributed by atoms with van der Waals surface area (Å²) in [7, 11) is 0. The smallest absolute Gasteiger partial charge is 0.330 e. The van der Waals surface area contributed by atoms with Gasteiger partial charge in [0.25, 0.3) is 0 Å². The number of carboxylic acid groups (broad SMARTS) is 1. The highest BCUT2D eigenvalue weighted by atomic mass is 16.6. The minimum atomic E-state index is -1.86. The Labute approximate surface area is 69.5 Å². The molecule has 70 valence electrons. The lowest BCUT2D eigenvalue weighted by Crippen LogP contribution is -2.64. The summed E-state index contributed by atoms with van der Waals surface area (Å²) in [6.45, 7) is 3.49. The van der Waals surface area contributed by atoms with Crippen LogP contribution in [0.15, 0.2) is 0 Å². The molecule has 6 nitrogen and oxygen atoms in total. The summed E-state index contributed by atoms with van der Waals surface area (Å²) in [6.07, 6.45) is 0. The summed E-state index contributed by atoms with van der Waals surface area (Å²) in [5.74, 6) is -1.38. The van der Waals surface area contributed by atoms with E-state index in [9.17, 15) is 14.9 Å². The summed E-state index contributed by atoms with van der Waals surface area (Å²) in [5.41, 5.74) is 1.75. The minimum absolute atomic E-state index is 0.693. The van der Waals surface area contributed by atoms with E-state index in [1.54, 1.807) is 0 Å². The summed E-state index contributed by atoms with van der Waals surface area (Å²) in [6, 6.07) is 0. The van der Waals surface area contributed by atoms with E-state index in [0.29, 0.717) is 0 Å². The zero-order valence-corrected chi connectivity index (χ0v) is 7.20. The molecule has 0 aliphatic heterocycles. The van der Waals surface area contributed by atoms with Crippen molar-refractivity contribution in [3.05, 3.63) is 10.1 Å². The van der Waals surface area contributed by atoms with Crippen molar-refractivity contribution in [1.29, 1.82) is 0 Å². The van der Waals surface area contributed by atoms with Gasteiger partial charge < -0.3 is 10.8 Å². The normalized spacial score (nSPS) is 16.7. The first-order chi connectivity index (χ1) is 5.14. The maximum absolute atomic E-state index is 10.5. The Balaban J connectivity index is 5.01. The van der Waals surface area contributed by atoms with Crippen LogP contribution >= 0.6 is 0 Å². The van der Waals surface area contributed by atoms with Crippen molar-refractivity contribution in [3.8, 4) is 0 Å². The average Bonchev–Trinajstić information content (AvgIpc) is 1.86. The van der Waals surface area contributed by atoms with Crippen LogP contribution in [0, 0.1) is 10.1 Å². The molecule has 3 N–H and O–H groups in total. The largest absolute Gasteiger partial charge is 0.480 e. The third kappa shape index (κ3) is 1.38.